The standard InChI is InChI=1S/C16H17BrN2O3/c17-11-5-3-4-10-12(7-9-22-14(10)11)19-15(20)13-6-1-2-8-18(13)16(19)21/h3-5,12-13H,1-2,6-9H2. The van der Waals surface area contributed by atoms with Crippen molar-refractivity contribution in [3.05, 3.63) is 28.2 Å². The Morgan fingerprint density at radius 1 is 1.14 bits per heavy atom. The lowest BCUT2D eigenvalue weighted by molar-refractivity contribution is -0.130. The van der Waals surface area contributed by atoms with Crippen LogP contribution in [0.3, 0.4) is 0 Å². The number of halogens is 1. The summed E-state index contributed by atoms with van der Waals surface area (Å²) in [6.45, 7) is 1.21. The molecule has 116 valence electrons. The molecule has 22 heavy (non-hydrogen) atoms. The summed E-state index contributed by atoms with van der Waals surface area (Å²) in [5, 5.41) is 0. The minimum Gasteiger partial charge on any atom is -0.492 e. The van der Waals surface area contributed by atoms with Crippen molar-refractivity contribution >= 4 is 27.9 Å². The van der Waals surface area contributed by atoms with Crippen molar-refractivity contribution in [2.45, 2.75) is 37.8 Å². The summed E-state index contributed by atoms with van der Waals surface area (Å²) in [4.78, 5) is 28.7. The van der Waals surface area contributed by atoms with Crippen LogP contribution < -0.4 is 4.74 Å². The lowest BCUT2D eigenvalue weighted by atomic mass is 9.98. The van der Waals surface area contributed by atoms with Crippen molar-refractivity contribution in [3.8, 4) is 5.75 Å². The molecule has 2 saturated heterocycles. The van der Waals surface area contributed by atoms with Gasteiger partial charge in [0.2, 0.25) is 0 Å². The fourth-order valence-corrected chi connectivity index (χ4v) is 4.23. The second-order valence-electron chi connectivity index (χ2n) is 6.01. The van der Waals surface area contributed by atoms with E-state index >= 15 is 0 Å². The molecule has 0 saturated carbocycles. The van der Waals surface area contributed by atoms with E-state index in [1.54, 1.807) is 4.90 Å². The number of imide groups is 1. The minimum absolute atomic E-state index is 0.0393. The van der Waals surface area contributed by atoms with E-state index in [1.807, 2.05) is 18.2 Å². The highest BCUT2D eigenvalue weighted by molar-refractivity contribution is 9.10. The summed E-state index contributed by atoms with van der Waals surface area (Å²) in [6, 6.07) is 5.18. The predicted molar refractivity (Wildman–Crippen MR) is 83.6 cm³/mol. The van der Waals surface area contributed by atoms with Gasteiger partial charge < -0.3 is 9.64 Å². The highest BCUT2D eigenvalue weighted by Gasteiger charge is 2.49. The van der Waals surface area contributed by atoms with Gasteiger partial charge in [0.25, 0.3) is 5.91 Å². The molecule has 0 radical (unpaired) electrons. The Balaban J connectivity index is 1.73. The molecule has 2 atom stereocenters. The van der Waals surface area contributed by atoms with Crippen molar-refractivity contribution in [2.75, 3.05) is 13.2 Å². The fourth-order valence-electron chi connectivity index (χ4n) is 3.73. The lowest BCUT2D eigenvalue weighted by Gasteiger charge is -2.32. The van der Waals surface area contributed by atoms with Crippen LogP contribution in [0.4, 0.5) is 4.79 Å². The van der Waals surface area contributed by atoms with Gasteiger partial charge in [-0.25, -0.2) is 4.79 Å². The van der Waals surface area contributed by atoms with E-state index in [0.29, 0.717) is 19.6 Å². The summed E-state index contributed by atoms with van der Waals surface area (Å²) in [7, 11) is 0. The van der Waals surface area contributed by atoms with Gasteiger partial charge in [-0.3, -0.25) is 9.69 Å². The number of ether oxygens (including phenoxy) is 1. The van der Waals surface area contributed by atoms with Crippen LogP contribution in [-0.4, -0.2) is 40.9 Å². The normalized spacial score (nSPS) is 27.5. The maximum atomic E-state index is 12.8. The molecule has 3 aliphatic heterocycles. The summed E-state index contributed by atoms with van der Waals surface area (Å²) >= 11 is 3.49. The van der Waals surface area contributed by atoms with Crippen LogP contribution in [0.2, 0.25) is 0 Å². The highest BCUT2D eigenvalue weighted by atomic mass is 79.9. The Labute approximate surface area is 137 Å². The molecule has 4 rings (SSSR count). The summed E-state index contributed by atoms with van der Waals surface area (Å²) in [5.41, 5.74) is 0.919. The SMILES string of the molecule is O=C1C2CCCCN2C(=O)N1C1CCOc2c(Br)cccc21. The Hall–Kier alpha value is -1.56. The first-order chi connectivity index (χ1) is 10.7. The van der Waals surface area contributed by atoms with Gasteiger partial charge in [-0.1, -0.05) is 12.1 Å². The predicted octanol–water partition coefficient (Wildman–Crippen LogP) is 3.09. The molecular formula is C16H17BrN2O3. The third kappa shape index (κ3) is 1.96. The zero-order chi connectivity index (χ0) is 15.3. The molecule has 1 aromatic carbocycles. The van der Waals surface area contributed by atoms with Crippen molar-refractivity contribution in [3.63, 3.8) is 0 Å². The number of carbonyl (C=O) groups excluding carboxylic acids is 2. The van der Waals surface area contributed by atoms with Crippen LogP contribution in [0.15, 0.2) is 22.7 Å². The summed E-state index contributed by atoms with van der Waals surface area (Å²) in [5.74, 6) is 0.715. The smallest absolute Gasteiger partial charge is 0.328 e. The van der Waals surface area contributed by atoms with E-state index in [2.05, 4.69) is 15.9 Å². The number of rotatable bonds is 1. The highest BCUT2D eigenvalue weighted by Crippen LogP contribution is 2.43. The van der Waals surface area contributed by atoms with Gasteiger partial charge in [0.1, 0.15) is 11.8 Å². The first-order valence-corrected chi connectivity index (χ1v) is 8.52. The average Bonchev–Trinajstić information content (AvgIpc) is 2.80. The number of benzene rings is 1. The maximum Gasteiger partial charge on any atom is 0.328 e. The van der Waals surface area contributed by atoms with Gasteiger partial charge in [0, 0.05) is 18.5 Å². The zero-order valence-electron chi connectivity index (χ0n) is 12.1. The minimum atomic E-state index is -0.250. The van der Waals surface area contributed by atoms with E-state index in [1.165, 1.54) is 4.90 Å². The monoisotopic (exact) mass is 364 g/mol. The fraction of sp³-hybridized carbons (Fsp3) is 0.500. The number of amides is 3. The van der Waals surface area contributed by atoms with Crippen molar-refractivity contribution < 1.29 is 14.3 Å². The number of urea groups is 1. The zero-order valence-corrected chi connectivity index (χ0v) is 13.7. The second-order valence-corrected chi connectivity index (χ2v) is 6.86. The largest absolute Gasteiger partial charge is 0.492 e. The van der Waals surface area contributed by atoms with Gasteiger partial charge in [-0.05, 0) is 41.3 Å². The third-order valence-electron chi connectivity index (χ3n) is 4.78. The van der Waals surface area contributed by atoms with E-state index in [0.717, 1.165) is 35.0 Å². The first-order valence-electron chi connectivity index (χ1n) is 7.73. The maximum absolute atomic E-state index is 12.8. The van der Waals surface area contributed by atoms with E-state index in [4.69, 9.17) is 4.74 Å². The van der Waals surface area contributed by atoms with Crippen LogP contribution >= 0.6 is 15.9 Å². The van der Waals surface area contributed by atoms with Crippen LogP contribution in [0.5, 0.6) is 5.75 Å². The molecule has 1 aromatic rings. The van der Waals surface area contributed by atoms with Crippen LogP contribution in [0, 0.1) is 0 Å². The molecule has 2 fully saturated rings. The summed E-state index contributed by atoms with van der Waals surface area (Å²) in [6.07, 6.45) is 3.44. The van der Waals surface area contributed by atoms with Crippen LogP contribution in [0.1, 0.15) is 37.3 Å². The van der Waals surface area contributed by atoms with E-state index in [9.17, 15) is 9.59 Å². The second kappa shape index (κ2) is 5.26. The molecule has 3 heterocycles. The van der Waals surface area contributed by atoms with E-state index in [-0.39, 0.29) is 24.0 Å². The van der Waals surface area contributed by atoms with Gasteiger partial charge in [-0.15, -0.1) is 0 Å². The molecule has 0 N–H and O–H groups in total. The average molecular weight is 365 g/mol. The quantitative estimate of drug-likeness (QED) is 0.719. The number of piperidine rings is 1. The Morgan fingerprint density at radius 3 is 2.82 bits per heavy atom. The van der Waals surface area contributed by atoms with Crippen molar-refractivity contribution in [1.82, 2.24) is 9.80 Å². The van der Waals surface area contributed by atoms with Gasteiger partial charge in [0.05, 0.1) is 17.1 Å². The molecule has 0 aliphatic carbocycles. The molecule has 0 bridgehead atoms. The number of hydrogen-bond acceptors (Lipinski definition) is 3. The van der Waals surface area contributed by atoms with Crippen LogP contribution in [-0.2, 0) is 4.79 Å². The van der Waals surface area contributed by atoms with Gasteiger partial charge >= 0.3 is 6.03 Å². The number of nitrogens with zero attached hydrogens (tertiary/aromatic N) is 2. The molecule has 6 heteroatoms. The topological polar surface area (TPSA) is 49.9 Å². The molecule has 3 amide bonds. The first kappa shape index (κ1) is 14.1. The van der Waals surface area contributed by atoms with Crippen molar-refractivity contribution in [1.29, 1.82) is 0 Å². The summed E-state index contributed by atoms with van der Waals surface area (Å²) < 4.78 is 6.59. The Bertz CT molecular complexity index is 624. The number of hydrogen-bond donors (Lipinski definition) is 0. The third-order valence-corrected chi connectivity index (χ3v) is 5.41. The number of fused-ring (bicyclic) bond motifs is 2. The molecule has 0 aromatic heterocycles. The van der Waals surface area contributed by atoms with Gasteiger partial charge in [-0.2, -0.15) is 0 Å². The van der Waals surface area contributed by atoms with Crippen LogP contribution in [0.25, 0.3) is 0 Å². The Kier molecular flexibility index (Phi) is 3.36. The molecule has 5 nitrogen and oxygen atoms in total. The lowest BCUT2D eigenvalue weighted by Crippen LogP contribution is -2.39. The van der Waals surface area contributed by atoms with E-state index < -0.39 is 0 Å². The molecule has 3 aliphatic rings. The molecule has 2 unspecified atom stereocenters. The number of carbonyl (C=O) groups is 2. The molecule has 0 spiro atoms. The van der Waals surface area contributed by atoms with Crippen molar-refractivity contribution in [2.24, 2.45) is 0 Å². The molecular weight excluding hydrogens is 348 g/mol. The Morgan fingerprint density at radius 2 is 2.00 bits per heavy atom. The van der Waals surface area contributed by atoms with Gasteiger partial charge in [0.15, 0.2) is 0 Å². The number of para-hydroxylation sites is 1.